The number of aromatic nitrogens is 1. The van der Waals surface area contributed by atoms with Gasteiger partial charge in [0.1, 0.15) is 11.3 Å². The molecule has 1 rings (SSSR count). The van der Waals surface area contributed by atoms with Crippen LogP contribution in [-0.2, 0) is 10.2 Å². The van der Waals surface area contributed by atoms with Gasteiger partial charge in [0, 0.05) is 18.5 Å². The number of nitrogens with zero attached hydrogens (tertiary/aromatic N) is 2. The van der Waals surface area contributed by atoms with Gasteiger partial charge in [0.15, 0.2) is 5.69 Å². The van der Waals surface area contributed by atoms with Crippen molar-refractivity contribution in [3.05, 3.63) is 17.5 Å². The molecule has 0 bridgehead atoms. The first kappa shape index (κ1) is 15.2. The second-order valence-electron chi connectivity index (χ2n) is 6.05. The highest BCUT2D eigenvalue weighted by Gasteiger charge is 2.37. The molecule has 1 amide bonds. The summed E-state index contributed by atoms with van der Waals surface area (Å²) in [5, 5.41) is 12.8. The molecular formula is C13H20N2O4. The Morgan fingerprint density at radius 3 is 2.16 bits per heavy atom. The van der Waals surface area contributed by atoms with Gasteiger partial charge >= 0.3 is 5.97 Å². The van der Waals surface area contributed by atoms with Gasteiger partial charge in [-0.25, -0.2) is 4.79 Å². The number of hydrogen-bond donors (Lipinski definition) is 1. The van der Waals surface area contributed by atoms with Crippen molar-refractivity contribution in [2.75, 3.05) is 7.05 Å². The first-order valence-corrected chi connectivity index (χ1v) is 5.96. The normalized spacial score (nSPS) is 12.3. The van der Waals surface area contributed by atoms with E-state index in [-0.39, 0.29) is 11.1 Å². The summed E-state index contributed by atoms with van der Waals surface area (Å²) in [7, 11) is 1.43. The monoisotopic (exact) mass is 268 g/mol. The Bertz CT molecular complexity index is 497. The maximum absolute atomic E-state index is 12.2. The summed E-state index contributed by atoms with van der Waals surface area (Å²) < 4.78 is 5.13. The minimum Gasteiger partial charge on any atom is -0.480 e. The van der Waals surface area contributed by atoms with Crippen LogP contribution >= 0.6 is 0 Å². The summed E-state index contributed by atoms with van der Waals surface area (Å²) in [4.78, 5) is 24.4. The van der Waals surface area contributed by atoms with Crippen molar-refractivity contribution >= 4 is 11.9 Å². The van der Waals surface area contributed by atoms with E-state index in [0.29, 0.717) is 5.76 Å². The molecule has 0 aromatic carbocycles. The van der Waals surface area contributed by atoms with Gasteiger partial charge in [0.2, 0.25) is 0 Å². The number of amides is 1. The summed E-state index contributed by atoms with van der Waals surface area (Å²) in [5.74, 6) is -0.980. The maximum Gasteiger partial charge on any atom is 0.329 e. The highest BCUT2D eigenvalue weighted by atomic mass is 16.5. The van der Waals surface area contributed by atoms with E-state index in [9.17, 15) is 9.59 Å². The van der Waals surface area contributed by atoms with Crippen LogP contribution in [-0.4, -0.2) is 39.6 Å². The number of hydrogen-bond acceptors (Lipinski definition) is 4. The first-order valence-electron chi connectivity index (χ1n) is 5.96. The molecule has 106 valence electrons. The van der Waals surface area contributed by atoms with Crippen molar-refractivity contribution in [3.8, 4) is 0 Å². The number of carboxylic acid groups (broad SMARTS) is 1. The van der Waals surface area contributed by atoms with Gasteiger partial charge in [-0.3, -0.25) is 4.79 Å². The Hall–Kier alpha value is -1.85. The molecule has 0 saturated heterocycles. The van der Waals surface area contributed by atoms with E-state index in [1.165, 1.54) is 20.9 Å². The number of likely N-dealkylation sites (N-methyl/N-ethyl adjacent to an activating group) is 1. The van der Waals surface area contributed by atoms with E-state index in [0.717, 1.165) is 4.90 Å². The molecule has 0 saturated carbocycles. The standard InChI is InChI=1S/C13H20N2O4/c1-12(2,3)9-7-8(14-19-9)10(16)15(6)13(4,5)11(17)18/h7H,1-6H3,(H,17,18). The highest BCUT2D eigenvalue weighted by molar-refractivity contribution is 5.95. The SMILES string of the molecule is CN(C(=O)c1cc(C(C)(C)C)on1)C(C)(C)C(=O)O. The van der Waals surface area contributed by atoms with Crippen LogP contribution in [0.2, 0.25) is 0 Å². The average molecular weight is 268 g/mol. The summed E-state index contributed by atoms with van der Waals surface area (Å²) in [5.41, 5.74) is -1.45. The van der Waals surface area contributed by atoms with Crippen molar-refractivity contribution < 1.29 is 19.2 Å². The zero-order chi connectivity index (χ0) is 15.0. The Kier molecular flexibility index (Phi) is 3.74. The van der Waals surface area contributed by atoms with Crippen molar-refractivity contribution in [3.63, 3.8) is 0 Å². The molecule has 6 nitrogen and oxygen atoms in total. The Balaban J connectivity index is 3.02. The molecule has 0 radical (unpaired) electrons. The van der Waals surface area contributed by atoms with Gasteiger partial charge in [-0.15, -0.1) is 0 Å². The average Bonchev–Trinajstić information content (AvgIpc) is 2.75. The third-order valence-corrected chi connectivity index (χ3v) is 3.14. The lowest BCUT2D eigenvalue weighted by atomic mass is 9.93. The number of carbonyl (C=O) groups is 2. The van der Waals surface area contributed by atoms with Crippen molar-refractivity contribution in [1.29, 1.82) is 0 Å². The second-order valence-corrected chi connectivity index (χ2v) is 6.05. The van der Waals surface area contributed by atoms with Crippen LogP contribution in [0.5, 0.6) is 0 Å². The summed E-state index contributed by atoms with van der Waals surface area (Å²) in [6.45, 7) is 8.72. The third kappa shape index (κ3) is 2.94. The molecule has 0 aliphatic carbocycles. The maximum atomic E-state index is 12.2. The van der Waals surface area contributed by atoms with Crippen molar-refractivity contribution in [1.82, 2.24) is 10.1 Å². The fourth-order valence-electron chi connectivity index (χ4n) is 1.30. The lowest BCUT2D eigenvalue weighted by Gasteiger charge is -2.30. The third-order valence-electron chi connectivity index (χ3n) is 3.14. The zero-order valence-electron chi connectivity index (χ0n) is 12.1. The molecule has 1 heterocycles. The van der Waals surface area contributed by atoms with Crippen LogP contribution in [0.25, 0.3) is 0 Å². The van der Waals surface area contributed by atoms with Gasteiger partial charge in [0.25, 0.3) is 5.91 Å². The van der Waals surface area contributed by atoms with Crippen molar-refractivity contribution in [2.24, 2.45) is 0 Å². The minimum atomic E-state index is -1.31. The van der Waals surface area contributed by atoms with Crippen molar-refractivity contribution in [2.45, 2.75) is 45.6 Å². The highest BCUT2D eigenvalue weighted by Crippen LogP contribution is 2.24. The molecule has 0 aliphatic rings. The molecular weight excluding hydrogens is 248 g/mol. The minimum absolute atomic E-state index is 0.113. The van der Waals surface area contributed by atoms with E-state index in [1.54, 1.807) is 6.07 Å². The van der Waals surface area contributed by atoms with Crippen LogP contribution in [0, 0.1) is 0 Å². The Morgan fingerprint density at radius 2 is 1.79 bits per heavy atom. The predicted molar refractivity (Wildman–Crippen MR) is 69.0 cm³/mol. The van der Waals surface area contributed by atoms with Gasteiger partial charge in [-0.05, 0) is 13.8 Å². The summed E-state index contributed by atoms with van der Waals surface area (Å²) in [6.07, 6.45) is 0. The van der Waals surface area contributed by atoms with E-state index < -0.39 is 17.4 Å². The summed E-state index contributed by atoms with van der Waals surface area (Å²) >= 11 is 0. The van der Waals surface area contributed by atoms with E-state index in [1.807, 2.05) is 20.8 Å². The Labute approximate surface area is 112 Å². The predicted octanol–water partition coefficient (Wildman–Crippen LogP) is 1.91. The molecule has 0 atom stereocenters. The molecule has 0 spiro atoms. The van der Waals surface area contributed by atoms with Crippen LogP contribution < -0.4 is 0 Å². The van der Waals surface area contributed by atoms with Gasteiger partial charge in [-0.1, -0.05) is 25.9 Å². The summed E-state index contributed by atoms with van der Waals surface area (Å²) in [6, 6.07) is 1.55. The number of aliphatic carboxylic acids is 1. The lowest BCUT2D eigenvalue weighted by Crippen LogP contribution is -2.50. The molecule has 0 aliphatic heterocycles. The zero-order valence-corrected chi connectivity index (χ0v) is 12.1. The van der Waals surface area contributed by atoms with Gasteiger partial charge in [-0.2, -0.15) is 0 Å². The number of rotatable bonds is 3. The molecule has 0 unspecified atom stereocenters. The topological polar surface area (TPSA) is 83.6 Å². The molecule has 1 N–H and O–H groups in total. The quantitative estimate of drug-likeness (QED) is 0.905. The molecule has 0 fully saturated rings. The first-order chi connectivity index (χ1) is 8.48. The second kappa shape index (κ2) is 4.68. The van der Waals surface area contributed by atoms with Gasteiger partial charge in [0.05, 0.1) is 0 Å². The van der Waals surface area contributed by atoms with Crippen LogP contribution in [0.3, 0.4) is 0 Å². The van der Waals surface area contributed by atoms with E-state index >= 15 is 0 Å². The van der Waals surface area contributed by atoms with Crippen LogP contribution in [0.15, 0.2) is 10.6 Å². The largest absolute Gasteiger partial charge is 0.480 e. The number of carbonyl (C=O) groups excluding carboxylic acids is 1. The number of carboxylic acids is 1. The molecule has 1 aromatic heterocycles. The van der Waals surface area contributed by atoms with Crippen LogP contribution in [0.1, 0.15) is 50.9 Å². The van der Waals surface area contributed by atoms with E-state index in [4.69, 9.17) is 9.63 Å². The smallest absolute Gasteiger partial charge is 0.329 e. The molecule has 1 aromatic rings. The fraction of sp³-hybridized carbons (Fsp3) is 0.615. The Morgan fingerprint density at radius 1 is 1.26 bits per heavy atom. The lowest BCUT2D eigenvalue weighted by molar-refractivity contribution is -0.147. The van der Waals surface area contributed by atoms with E-state index in [2.05, 4.69) is 5.16 Å². The fourth-order valence-corrected chi connectivity index (χ4v) is 1.30. The van der Waals surface area contributed by atoms with Gasteiger partial charge < -0.3 is 14.5 Å². The molecule has 19 heavy (non-hydrogen) atoms. The molecule has 6 heteroatoms. The van der Waals surface area contributed by atoms with Crippen LogP contribution in [0.4, 0.5) is 0 Å².